The minimum absolute atomic E-state index is 0.0402. The lowest BCUT2D eigenvalue weighted by Gasteiger charge is -2.31. The second kappa shape index (κ2) is 8.41. The van der Waals surface area contributed by atoms with E-state index in [1.54, 1.807) is 10.9 Å². The molecule has 3 rings (SSSR count). The third-order valence-electron chi connectivity index (χ3n) is 4.97. The van der Waals surface area contributed by atoms with Gasteiger partial charge in [0, 0.05) is 39.4 Å². The molecule has 0 fully saturated rings. The fraction of sp³-hybridized carbons (Fsp3) is 0.474. The van der Waals surface area contributed by atoms with Crippen molar-refractivity contribution in [2.75, 3.05) is 19.6 Å². The van der Waals surface area contributed by atoms with Gasteiger partial charge in [-0.2, -0.15) is 5.10 Å². The van der Waals surface area contributed by atoms with Crippen LogP contribution in [0.3, 0.4) is 0 Å². The minimum atomic E-state index is -1.12. The number of rotatable bonds is 7. The summed E-state index contributed by atoms with van der Waals surface area (Å²) in [7, 11) is 1.90. The van der Waals surface area contributed by atoms with E-state index >= 15 is 0 Å². The highest BCUT2D eigenvalue weighted by Crippen LogP contribution is 2.29. The van der Waals surface area contributed by atoms with Crippen molar-refractivity contribution in [3.63, 3.8) is 0 Å². The number of carbonyl (C=O) groups is 1. The number of amides is 1. The molecule has 3 N–H and O–H groups in total. The van der Waals surface area contributed by atoms with E-state index in [4.69, 9.17) is 9.84 Å². The van der Waals surface area contributed by atoms with Crippen LogP contribution in [0.25, 0.3) is 0 Å². The molecular formula is C19H26N4O4. The Kier molecular flexibility index (Phi) is 5.98. The third-order valence-corrected chi connectivity index (χ3v) is 4.97. The summed E-state index contributed by atoms with van der Waals surface area (Å²) >= 11 is 0. The van der Waals surface area contributed by atoms with Gasteiger partial charge in [-0.15, -0.1) is 0 Å². The van der Waals surface area contributed by atoms with Crippen LogP contribution in [0.15, 0.2) is 24.4 Å². The molecule has 0 spiro atoms. The van der Waals surface area contributed by atoms with Crippen molar-refractivity contribution in [2.24, 2.45) is 7.05 Å². The molecule has 146 valence electrons. The van der Waals surface area contributed by atoms with Crippen LogP contribution in [0.1, 0.15) is 22.4 Å². The second-order valence-corrected chi connectivity index (χ2v) is 6.89. The number of β-amino-alcohol motifs (C(OH)–C–C–N with tert-alkyl or cyclic N) is 1. The lowest BCUT2D eigenvalue weighted by Crippen LogP contribution is -2.41. The van der Waals surface area contributed by atoms with Crippen LogP contribution >= 0.6 is 0 Å². The average molecular weight is 374 g/mol. The van der Waals surface area contributed by atoms with Crippen molar-refractivity contribution in [2.45, 2.75) is 32.6 Å². The first-order valence-electron chi connectivity index (χ1n) is 9.02. The van der Waals surface area contributed by atoms with Gasteiger partial charge in [0.15, 0.2) is 0 Å². The smallest absolute Gasteiger partial charge is 0.404 e. The van der Waals surface area contributed by atoms with Gasteiger partial charge < -0.3 is 20.3 Å². The minimum Gasteiger partial charge on any atom is -0.487 e. The van der Waals surface area contributed by atoms with Crippen molar-refractivity contribution in [3.05, 3.63) is 46.8 Å². The van der Waals surface area contributed by atoms with Crippen molar-refractivity contribution in [3.8, 4) is 5.75 Å². The van der Waals surface area contributed by atoms with E-state index in [1.807, 2.05) is 19.2 Å². The molecular weight excluding hydrogens is 348 g/mol. The Labute approximate surface area is 158 Å². The maximum Gasteiger partial charge on any atom is 0.404 e. The molecule has 1 unspecified atom stereocenters. The van der Waals surface area contributed by atoms with Crippen molar-refractivity contribution < 1.29 is 19.7 Å². The van der Waals surface area contributed by atoms with Gasteiger partial charge in [0.05, 0.1) is 11.8 Å². The van der Waals surface area contributed by atoms with Crippen LogP contribution in [0.5, 0.6) is 5.75 Å². The van der Waals surface area contributed by atoms with E-state index in [-0.39, 0.29) is 6.54 Å². The van der Waals surface area contributed by atoms with Crippen molar-refractivity contribution in [1.29, 1.82) is 0 Å². The number of carboxylic acid groups (broad SMARTS) is 1. The number of aromatic nitrogens is 2. The third kappa shape index (κ3) is 4.78. The molecule has 8 nitrogen and oxygen atoms in total. The average Bonchev–Trinajstić information content (AvgIpc) is 3.04. The van der Waals surface area contributed by atoms with E-state index in [1.165, 1.54) is 11.1 Å². The highest BCUT2D eigenvalue weighted by molar-refractivity contribution is 5.64. The SMILES string of the molecule is Cc1c(OCc2ccnn2C)ccc2c1CCN(CC(O)CNC(=O)O)C2. The maximum atomic E-state index is 10.5. The Hall–Kier alpha value is -2.58. The molecule has 0 bridgehead atoms. The number of nitrogens with zero attached hydrogens (tertiary/aromatic N) is 3. The molecule has 2 heterocycles. The van der Waals surface area contributed by atoms with Gasteiger partial charge in [-0.05, 0) is 42.2 Å². The van der Waals surface area contributed by atoms with Crippen LogP contribution in [0.2, 0.25) is 0 Å². The first-order chi connectivity index (χ1) is 12.9. The first kappa shape index (κ1) is 19.2. The number of aliphatic hydroxyl groups excluding tert-OH is 1. The molecule has 0 saturated heterocycles. The van der Waals surface area contributed by atoms with Crippen LogP contribution in [0, 0.1) is 6.92 Å². The van der Waals surface area contributed by atoms with Gasteiger partial charge in [-0.3, -0.25) is 9.58 Å². The molecule has 1 amide bonds. The zero-order valence-electron chi connectivity index (χ0n) is 15.7. The lowest BCUT2D eigenvalue weighted by molar-refractivity contribution is 0.102. The topological polar surface area (TPSA) is 99.9 Å². The molecule has 2 aromatic rings. The number of fused-ring (bicyclic) bond motifs is 1. The van der Waals surface area contributed by atoms with Crippen molar-refractivity contribution >= 4 is 6.09 Å². The summed E-state index contributed by atoms with van der Waals surface area (Å²) in [5.74, 6) is 0.883. The number of aryl methyl sites for hydroxylation is 1. The number of nitrogens with one attached hydrogen (secondary N) is 1. The summed E-state index contributed by atoms with van der Waals surface area (Å²) in [5, 5.41) is 25.0. The molecule has 0 saturated carbocycles. The standard InChI is InChI=1S/C19H26N4O4/c1-13-17-6-8-23(11-16(24)9-20-19(25)26)10-14(17)3-4-18(13)27-12-15-5-7-21-22(15)2/h3-5,7,16,20,24H,6,8-12H2,1-2H3,(H,25,26). The van der Waals surface area contributed by atoms with Crippen LogP contribution < -0.4 is 10.1 Å². The molecule has 1 atom stereocenters. The van der Waals surface area contributed by atoms with Crippen molar-refractivity contribution in [1.82, 2.24) is 20.0 Å². The predicted octanol–water partition coefficient (Wildman–Crippen LogP) is 1.29. The Morgan fingerprint density at radius 2 is 2.22 bits per heavy atom. The first-order valence-corrected chi connectivity index (χ1v) is 9.02. The summed E-state index contributed by atoms with van der Waals surface area (Å²) in [6.45, 7) is 4.60. The number of aliphatic hydroxyl groups is 1. The molecule has 1 aromatic carbocycles. The van der Waals surface area contributed by atoms with Crippen LogP contribution in [-0.2, 0) is 26.6 Å². The van der Waals surface area contributed by atoms with E-state index < -0.39 is 12.2 Å². The Morgan fingerprint density at radius 3 is 2.93 bits per heavy atom. The second-order valence-electron chi connectivity index (χ2n) is 6.89. The van der Waals surface area contributed by atoms with Gasteiger partial charge >= 0.3 is 6.09 Å². The summed E-state index contributed by atoms with van der Waals surface area (Å²) in [5.41, 5.74) is 4.70. The molecule has 0 radical (unpaired) electrons. The van der Waals surface area contributed by atoms with Crippen LogP contribution in [-0.4, -0.2) is 56.7 Å². The Balaban J connectivity index is 1.60. The number of benzene rings is 1. The van der Waals surface area contributed by atoms with Gasteiger partial charge in [-0.1, -0.05) is 6.07 Å². The number of ether oxygens (including phenoxy) is 1. The molecule has 8 heteroatoms. The Morgan fingerprint density at radius 1 is 1.41 bits per heavy atom. The molecule has 1 aliphatic rings. The largest absolute Gasteiger partial charge is 0.487 e. The quantitative estimate of drug-likeness (QED) is 0.675. The molecule has 1 aromatic heterocycles. The number of hydrogen-bond acceptors (Lipinski definition) is 5. The lowest BCUT2D eigenvalue weighted by atomic mass is 9.94. The normalized spacial score (nSPS) is 15.2. The fourth-order valence-corrected chi connectivity index (χ4v) is 3.45. The zero-order valence-corrected chi connectivity index (χ0v) is 15.7. The highest BCUT2D eigenvalue weighted by Gasteiger charge is 2.21. The zero-order chi connectivity index (χ0) is 19.4. The molecule has 27 heavy (non-hydrogen) atoms. The van der Waals surface area contributed by atoms with Crippen LogP contribution in [0.4, 0.5) is 4.79 Å². The van der Waals surface area contributed by atoms with E-state index in [0.29, 0.717) is 13.2 Å². The summed E-state index contributed by atoms with van der Waals surface area (Å²) in [4.78, 5) is 12.7. The molecule has 0 aliphatic carbocycles. The highest BCUT2D eigenvalue weighted by atomic mass is 16.5. The van der Waals surface area contributed by atoms with Gasteiger partial charge in [0.1, 0.15) is 12.4 Å². The summed E-state index contributed by atoms with van der Waals surface area (Å²) in [6, 6.07) is 6.02. The Bertz CT molecular complexity index is 805. The van der Waals surface area contributed by atoms with Gasteiger partial charge in [0.25, 0.3) is 0 Å². The van der Waals surface area contributed by atoms with Gasteiger partial charge in [-0.25, -0.2) is 4.79 Å². The fourth-order valence-electron chi connectivity index (χ4n) is 3.45. The summed E-state index contributed by atoms with van der Waals surface area (Å²) in [6.07, 6.45) is 0.800. The molecule has 1 aliphatic heterocycles. The predicted molar refractivity (Wildman–Crippen MR) is 99.7 cm³/mol. The maximum absolute atomic E-state index is 10.5. The number of hydrogen-bond donors (Lipinski definition) is 3. The van der Waals surface area contributed by atoms with Gasteiger partial charge in [0.2, 0.25) is 0 Å². The van der Waals surface area contributed by atoms with E-state index in [9.17, 15) is 9.90 Å². The van der Waals surface area contributed by atoms with E-state index in [2.05, 4.69) is 28.3 Å². The monoisotopic (exact) mass is 374 g/mol. The van der Waals surface area contributed by atoms with E-state index in [0.717, 1.165) is 36.5 Å². The summed E-state index contributed by atoms with van der Waals surface area (Å²) < 4.78 is 7.80.